The first-order chi connectivity index (χ1) is 33.7. The maximum absolute atomic E-state index is 7.02. The van der Waals surface area contributed by atoms with Gasteiger partial charge in [-0.15, -0.1) is 0 Å². The van der Waals surface area contributed by atoms with Gasteiger partial charge in [0.05, 0.1) is 37.4 Å². The SMILES string of the molecule is Cc1c2c3c(C)c4c1[C@H]1O[C@@H]4[C@@H]4OB(O[C@@H]41)c1c4cccc1OCCCCCCC=CCCCCCCOc1cccc(c1B1O[C@@H]5[C@H](O1)[C@@H]2O[C@@H]35)OCCCCCCC=CCCCCCCO4. The van der Waals surface area contributed by atoms with Gasteiger partial charge in [0.25, 0.3) is 0 Å². The van der Waals surface area contributed by atoms with Gasteiger partial charge in [0.1, 0.15) is 71.8 Å². The predicted molar refractivity (Wildman–Crippen MR) is 265 cm³/mol. The molecule has 0 radical (unpaired) electrons. The monoisotopic (exact) mass is 927 g/mol. The summed E-state index contributed by atoms with van der Waals surface area (Å²) >= 11 is 0. The Bertz CT molecular complexity index is 1990. The third-order valence-electron chi connectivity index (χ3n) is 15.8. The summed E-state index contributed by atoms with van der Waals surface area (Å²) in [5.74, 6) is 3.12. The van der Waals surface area contributed by atoms with Gasteiger partial charge in [0.2, 0.25) is 0 Å². The Hall–Kier alpha value is -3.77. The lowest BCUT2D eigenvalue weighted by Crippen LogP contribution is -2.36. The van der Waals surface area contributed by atoms with E-state index in [9.17, 15) is 0 Å². The zero-order chi connectivity index (χ0) is 45.8. The minimum Gasteiger partial charge on any atom is -0.494 e. The predicted octanol–water partition coefficient (Wildman–Crippen LogP) is 11.4. The molecule has 0 aliphatic carbocycles. The van der Waals surface area contributed by atoms with Gasteiger partial charge in [-0.25, -0.2) is 0 Å². The van der Waals surface area contributed by atoms with Crippen LogP contribution in [0.3, 0.4) is 0 Å². The largest absolute Gasteiger partial charge is 0.502 e. The van der Waals surface area contributed by atoms with E-state index in [4.69, 9.17) is 47.0 Å². The van der Waals surface area contributed by atoms with Crippen LogP contribution in [0.1, 0.15) is 186 Å². The van der Waals surface area contributed by atoms with E-state index in [1.165, 1.54) is 84.7 Å². The quantitative estimate of drug-likeness (QED) is 0.160. The highest BCUT2D eigenvalue weighted by molar-refractivity contribution is 6.64. The third kappa shape index (κ3) is 9.32. The lowest BCUT2D eigenvalue weighted by Gasteiger charge is -2.31. The van der Waals surface area contributed by atoms with Crippen LogP contribution in [-0.2, 0) is 28.1 Å². The molecule has 0 N–H and O–H groups in total. The summed E-state index contributed by atoms with van der Waals surface area (Å²) in [6, 6.07) is 12.3. The standard InChI is InChI=1S/C56H72B2O10/c1-37-43-45-38(2)46-44(37)50-54-56(52(46)64-50)68-58(66-54)48-40-30-28-32-42(48)62-36-26-22-18-14-10-6-5-9-13-17-21-25-35-61-41-31-27-29-39(47(41)57-65-53-49(43)63-51(45)55(53)67-57)59-33-23-19-15-11-7-3-4-8-12-16-20-24-34-60-40/h3-6,27-32,49-56H,7-26,33-36H2,1-2H3/t49-,50-,51+,52+,53-,54-,55+,56+. The van der Waals surface area contributed by atoms with E-state index in [1.54, 1.807) is 0 Å². The van der Waals surface area contributed by atoms with Crippen LogP contribution in [0.25, 0.3) is 0 Å². The molecule has 0 aromatic heterocycles. The molecule has 10 heterocycles. The molecule has 10 nitrogen and oxygen atoms in total. The first kappa shape index (κ1) is 46.6. The van der Waals surface area contributed by atoms with Gasteiger partial charge < -0.3 is 47.0 Å². The minimum absolute atomic E-state index is 0.266. The fourth-order valence-electron chi connectivity index (χ4n) is 12.4. The molecule has 3 aromatic carbocycles. The number of fused-ring (bicyclic) bond motifs is 28. The molecule has 362 valence electrons. The number of allylic oxidation sites excluding steroid dienone is 4. The van der Waals surface area contributed by atoms with E-state index in [0.29, 0.717) is 26.4 Å². The second kappa shape index (κ2) is 21.7. The van der Waals surface area contributed by atoms with Crippen molar-refractivity contribution in [1.29, 1.82) is 0 Å². The number of benzene rings is 3. The van der Waals surface area contributed by atoms with Gasteiger partial charge in [-0.2, -0.15) is 0 Å². The van der Waals surface area contributed by atoms with E-state index in [2.05, 4.69) is 62.4 Å². The maximum atomic E-state index is 7.02. The Labute approximate surface area is 405 Å². The van der Waals surface area contributed by atoms with Crippen molar-refractivity contribution in [3.05, 3.63) is 94.1 Å². The van der Waals surface area contributed by atoms with E-state index in [-0.39, 0.29) is 48.8 Å². The Morgan fingerprint density at radius 3 is 0.897 bits per heavy atom. The molecule has 10 aliphatic rings. The zero-order valence-electron chi connectivity index (χ0n) is 40.6. The van der Waals surface area contributed by atoms with Crippen molar-refractivity contribution in [1.82, 2.24) is 0 Å². The molecule has 0 saturated carbocycles. The van der Waals surface area contributed by atoms with Gasteiger partial charge in [-0.05, 0) is 149 Å². The van der Waals surface area contributed by atoms with Gasteiger partial charge >= 0.3 is 14.2 Å². The lowest BCUT2D eigenvalue weighted by molar-refractivity contribution is 0.0168. The molecule has 4 fully saturated rings. The van der Waals surface area contributed by atoms with Crippen LogP contribution in [0.15, 0.2) is 60.7 Å². The second-order valence-electron chi connectivity index (χ2n) is 20.4. The van der Waals surface area contributed by atoms with Crippen molar-refractivity contribution < 1.29 is 47.0 Å². The Kier molecular flexibility index (Phi) is 14.9. The molecule has 16 bridgehead atoms. The van der Waals surface area contributed by atoms with Crippen molar-refractivity contribution in [3.63, 3.8) is 0 Å². The molecule has 4 saturated heterocycles. The Morgan fingerprint density at radius 1 is 0.353 bits per heavy atom. The van der Waals surface area contributed by atoms with Crippen LogP contribution in [0.2, 0.25) is 0 Å². The highest BCUT2D eigenvalue weighted by atomic mass is 16.7. The van der Waals surface area contributed by atoms with E-state index >= 15 is 0 Å². The molecule has 3 aromatic rings. The van der Waals surface area contributed by atoms with E-state index in [0.717, 1.165) is 111 Å². The number of hydrogen-bond donors (Lipinski definition) is 0. The fraction of sp³-hybridized carbons (Fsp3) is 0.607. The first-order valence-electron chi connectivity index (χ1n) is 26.8. The second-order valence-corrected chi connectivity index (χ2v) is 20.4. The molecular weight excluding hydrogens is 854 g/mol. The van der Waals surface area contributed by atoms with Crippen molar-refractivity contribution in [3.8, 4) is 23.0 Å². The molecule has 68 heavy (non-hydrogen) atoms. The summed E-state index contributed by atoms with van der Waals surface area (Å²) in [6.45, 7) is 7.02. The highest BCUT2D eigenvalue weighted by Gasteiger charge is 2.65. The lowest BCUT2D eigenvalue weighted by atomic mass is 9.74. The van der Waals surface area contributed by atoms with Crippen LogP contribution >= 0.6 is 0 Å². The normalized spacial score (nSPS) is 30.2. The molecule has 0 unspecified atom stereocenters. The summed E-state index contributed by atoms with van der Waals surface area (Å²) in [7, 11) is -1.28. The summed E-state index contributed by atoms with van der Waals surface area (Å²) in [5, 5.41) is 0. The van der Waals surface area contributed by atoms with Crippen LogP contribution in [0.5, 0.6) is 23.0 Å². The van der Waals surface area contributed by atoms with Crippen LogP contribution < -0.4 is 29.9 Å². The van der Waals surface area contributed by atoms with Crippen molar-refractivity contribution >= 4 is 25.2 Å². The van der Waals surface area contributed by atoms with Crippen LogP contribution in [-0.4, -0.2) is 65.1 Å². The first-order valence-corrected chi connectivity index (χ1v) is 26.8. The number of rotatable bonds is 0. The van der Waals surface area contributed by atoms with E-state index in [1.807, 2.05) is 12.1 Å². The highest BCUT2D eigenvalue weighted by Crippen LogP contribution is 2.64. The van der Waals surface area contributed by atoms with Crippen LogP contribution in [0, 0.1) is 13.8 Å². The average Bonchev–Trinajstić information content (AvgIpc) is 4.21. The topological polar surface area (TPSA) is 92.3 Å². The minimum atomic E-state index is -0.641. The average molecular weight is 927 g/mol. The van der Waals surface area contributed by atoms with E-state index < -0.39 is 14.2 Å². The van der Waals surface area contributed by atoms with Crippen molar-refractivity contribution in [2.24, 2.45) is 0 Å². The fourth-order valence-corrected chi connectivity index (χ4v) is 12.4. The number of ether oxygens (including phenoxy) is 6. The maximum Gasteiger partial charge on any atom is 0.502 e. The van der Waals surface area contributed by atoms with Gasteiger partial charge in [0, 0.05) is 0 Å². The molecule has 13 rings (SSSR count). The summed E-state index contributed by atoms with van der Waals surface area (Å²) in [6.07, 6.45) is 29.9. The molecular formula is C56H72B2O10. The van der Waals surface area contributed by atoms with Gasteiger partial charge in [0.15, 0.2) is 0 Å². The summed E-state index contributed by atoms with van der Waals surface area (Å²) in [4.78, 5) is 0. The molecule has 12 heteroatoms. The Balaban J connectivity index is 0.912. The smallest absolute Gasteiger partial charge is 0.494 e. The molecule has 0 spiro atoms. The zero-order valence-corrected chi connectivity index (χ0v) is 40.6. The van der Waals surface area contributed by atoms with Gasteiger partial charge in [-0.1, -0.05) is 87.8 Å². The van der Waals surface area contributed by atoms with Crippen molar-refractivity contribution in [2.45, 2.75) is 191 Å². The van der Waals surface area contributed by atoms with Crippen molar-refractivity contribution in [2.75, 3.05) is 26.4 Å². The molecule has 10 aliphatic heterocycles. The molecule has 8 atom stereocenters. The third-order valence-corrected chi connectivity index (χ3v) is 15.8. The van der Waals surface area contributed by atoms with Crippen LogP contribution in [0.4, 0.5) is 0 Å². The summed E-state index contributed by atoms with van der Waals surface area (Å²) < 4.78 is 68.3. The van der Waals surface area contributed by atoms with Gasteiger partial charge in [-0.3, -0.25) is 0 Å². The Morgan fingerprint density at radius 2 is 0.618 bits per heavy atom. The molecule has 0 amide bonds. The summed E-state index contributed by atoms with van der Waals surface area (Å²) in [5.41, 5.74) is 8.97. The number of hydrogen-bond acceptors (Lipinski definition) is 10.